The Morgan fingerprint density at radius 1 is 1.10 bits per heavy atom. The average Bonchev–Trinajstić information content (AvgIpc) is 2.36. The zero-order valence-electron chi connectivity index (χ0n) is 10.7. The molecule has 0 bridgehead atoms. The summed E-state index contributed by atoms with van der Waals surface area (Å²) in [4.78, 5) is 11.5. The van der Waals surface area contributed by atoms with Gasteiger partial charge in [-0.2, -0.15) is 8.42 Å². The van der Waals surface area contributed by atoms with Gasteiger partial charge in [0.15, 0.2) is 5.75 Å². The van der Waals surface area contributed by atoms with Gasteiger partial charge in [-0.05, 0) is 11.1 Å². The van der Waals surface area contributed by atoms with Crippen molar-refractivity contribution < 1.29 is 22.5 Å². The first-order chi connectivity index (χ1) is 9.30. The molecule has 0 spiro atoms. The molecule has 0 amide bonds. The van der Waals surface area contributed by atoms with E-state index in [1.807, 2.05) is 0 Å². The Kier molecular flexibility index (Phi) is 5.89. The van der Waals surface area contributed by atoms with Gasteiger partial charge in [-0.3, -0.25) is 9.35 Å². The molecule has 0 unspecified atom stereocenters. The summed E-state index contributed by atoms with van der Waals surface area (Å²) >= 11 is 0. The molecule has 1 N–H and O–H groups in total. The lowest BCUT2D eigenvalue weighted by atomic mass is 9.85. The van der Waals surface area contributed by atoms with Crippen LogP contribution in [0.3, 0.4) is 0 Å². The Bertz CT molecular complexity index is 575. The molecule has 100 valence electrons. The van der Waals surface area contributed by atoms with Crippen molar-refractivity contribution in [2.75, 3.05) is 5.75 Å². The maximum Gasteiger partial charge on any atom is 0.329 e. The lowest BCUT2D eigenvalue weighted by Crippen LogP contribution is -2.21. The van der Waals surface area contributed by atoms with Gasteiger partial charge in [0.05, 0.1) is 23.5 Å². The molecule has 9 heteroatoms. The summed E-state index contributed by atoms with van der Waals surface area (Å²) in [7, 11) is 12.2. The van der Waals surface area contributed by atoms with Crippen LogP contribution >= 0.6 is 0 Å². The van der Waals surface area contributed by atoms with Gasteiger partial charge in [0.2, 0.25) is 0 Å². The highest BCUT2D eigenvalue weighted by molar-refractivity contribution is 7.86. The van der Waals surface area contributed by atoms with Crippen LogP contribution < -0.4 is 4.74 Å². The van der Waals surface area contributed by atoms with Crippen molar-refractivity contribution in [3.8, 4) is 5.75 Å². The Hall–Kier alpha value is -1.21. The summed E-state index contributed by atoms with van der Waals surface area (Å²) in [5.74, 6) is -2.14. The zero-order chi connectivity index (χ0) is 15.3. The van der Waals surface area contributed by atoms with Crippen LogP contribution in [0.4, 0.5) is 0 Å². The van der Waals surface area contributed by atoms with Crippen LogP contribution in [-0.4, -0.2) is 48.2 Å². The van der Waals surface area contributed by atoms with Crippen LogP contribution in [0.5, 0.6) is 5.75 Å². The lowest BCUT2D eigenvalue weighted by Gasteiger charge is -2.15. The second kappa shape index (κ2) is 6.99. The molecule has 20 heavy (non-hydrogen) atoms. The van der Waals surface area contributed by atoms with E-state index < -0.39 is 21.8 Å². The molecule has 0 atom stereocenters. The normalized spacial score (nSPS) is 11.2. The van der Waals surface area contributed by atoms with Crippen LogP contribution in [0.25, 0.3) is 0 Å². The molecule has 0 aromatic heterocycles. The number of ether oxygens (including phenoxy) is 1. The second-order valence-corrected chi connectivity index (χ2v) is 5.51. The van der Waals surface area contributed by atoms with Crippen LogP contribution in [0.15, 0.2) is 12.1 Å². The maximum absolute atomic E-state index is 11.5. The Morgan fingerprint density at radius 3 is 1.95 bits per heavy atom. The summed E-state index contributed by atoms with van der Waals surface area (Å²) in [6.07, 6.45) is 0.393. The molecular formula is C11H11B3O5S. The topological polar surface area (TPSA) is 80.7 Å². The van der Waals surface area contributed by atoms with Gasteiger partial charge >= 0.3 is 5.97 Å². The molecule has 1 aromatic rings. The van der Waals surface area contributed by atoms with Gasteiger partial charge < -0.3 is 4.74 Å². The number of hydrogen-bond acceptors (Lipinski definition) is 4. The minimum atomic E-state index is -4.45. The quantitative estimate of drug-likeness (QED) is 0.330. The molecule has 0 fully saturated rings. The van der Waals surface area contributed by atoms with Crippen LogP contribution in [0.2, 0.25) is 0 Å². The van der Waals surface area contributed by atoms with Crippen LogP contribution in [0.1, 0.15) is 16.7 Å². The second-order valence-electron chi connectivity index (χ2n) is 4.06. The number of hydrogen-bond donors (Lipinski definition) is 1. The molecule has 0 aliphatic carbocycles. The van der Waals surface area contributed by atoms with Gasteiger partial charge in [0.1, 0.15) is 5.75 Å². The molecule has 0 aliphatic heterocycles. The van der Waals surface area contributed by atoms with Crippen molar-refractivity contribution in [1.29, 1.82) is 0 Å². The summed E-state index contributed by atoms with van der Waals surface area (Å²) in [6, 6.07) is 3.30. The van der Waals surface area contributed by atoms with Crippen molar-refractivity contribution in [2.24, 2.45) is 0 Å². The highest BCUT2D eigenvalue weighted by Gasteiger charge is 2.18. The van der Waals surface area contributed by atoms with Crippen molar-refractivity contribution in [3.63, 3.8) is 0 Å². The fourth-order valence-corrected chi connectivity index (χ4v) is 2.03. The number of esters is 1. The van der Waals surface area contributed by atoms with Crippen LogP contribution in [0, 0.1) is 0 Å². The summed E-state index contributed by atoms with van der Waals surface area (Å²) < 4.78 is 34.8. The van der Waals surface area contributed by atoms with Gasteiger partial charge in [0, 0.05) is 0 Å². The predicted octanol–water partition coefficient (Wildman–Crippen LogP) is -0.515. The highest BCUT2D eigenvalue weighted by atomic mass is 32.2. The van der Waals surface area contributed by atoms with E-state index in [1.54, 1.807) is 12.1 Å². The number of carbonyl (C=O) groups excluding carboxylic acids is 1. The van der Waals surface area contributed by atoms with E-state index >= 15 is 0 Å². The molecule has 1 rings (SSSR count). The molecule has 5 nitrogen and oxygen atoms in total. The Balaban J connectivity index is 3.13. The Labute approximate surface area is 122 Å². The van der Waals surface area contributed by atoms with E-state index in [2.05, 4.69) is 0 Å². The Morgan fingerprint density at radius 2 is 1.60 bits per heavy atom. The number of benzene rings is 1. The largest absolute Gasteiger partial charge is 0.425 e. The zero-order valence-corrected chi connectivity index (χ0v) is 11.5. The maximum atomic E-state index is 11.5. The minimum Gasteiger partial charge on any atom is -0.425 e. The summed E-state index contributed by atoms with van der Waals surface area (Å²) in [5.41, 5.74) is 1.73. The first kappa shape index (κ1) is 16.8. The smallest absolute Gasteiger partial charge is 0.329 e. The van der Waals surface area contributed by atoms with Crippen molar-refractivity contribution in [1.82, 2.24) is 0 Å². The van der Waals surface area contributed by atoms with Crippen LogP contribution in [-0.2, 0) is 33.9 Å². The van der Waals surface area contributed by atoms with Crippen molar-refractivity contribution in [2.45, 2.75) is 19.0 Å². The first-order valence-corrected chi connectivity index (χ1v) is 7.32. The third-order valence-electron chi connectivity index (χ3n) is 2.49. The van der Waals surface area contributed by atoms with E-state index in [4.69, 9.17) is 32.8 Å². The average molecular weight is 288 g/mol. The molecule has 0 aliphatic rings. The standard InChI is InChI=1S/C11H11B3O5S/c12-3-7-1-8(4-13)11(9(2-7)5-14)19-10(15)6-20(16,17)18/h1-2H,3-6H2,(H,16,17,18). The fraction of sp³-hybridized carbons (Fsp3) is 0.364. The molecular weight excluding hydrogens is 277 g/mol. The number of rotatable bonds is 6. The monoisotopic (exact) mass is 288 g/mol. The predicted molar refractivity (Wildman–Crippen MR) is 76.9 cm³/mol. The third-order valence-corrected chi connectivity index (χ3v) is 3.09. The molecule has 0 heterocycles. The highest BCUT2D eigenvalue weighted by Crippen LogP contribution is 2.27. The molecule has 1 aromatic carbocycles. The summed E-state index contributed by atoms with van der Waals surface area (Å²) in [5, 5.41) is 0. The fourth-order valence-electron chi connectivity index (χ4n) is 1.67. The van der Waals surface area contributed by atoms with Crippen molar-refractivity contribution >= 4 is 39.6 Å². The molecule has 0 saturated heterocycles. The minimum absolute atomic E-state index is 0.0648. The van der Waals surface area contributed by atoms with Crippen molar-refractivity contribution in [3.05, 3.63) is 28.8 Å². The van der Waals surface area contributed by atoms with E-state index in [1.165, 1.54) is 0 Å². The van der Waals surface area contributed by atoms with E-state index in [0.717, 1.165) is 5.56 Å². The SMILES string of the molecule is [B]Cc1cc(C[B])c(OC(=O)CS(=O)(=O)O)c(C[B])c1. The van der Waals surface area contributed by atoms with Gasteiger partial charge in [-0.15, -0.1) is 0 Å². The number of carbonyl (C=O) groups is 1. The lowest BCUT2D eigenvalue weighted by molar-refractivity contribution is -0.131. The summed E-state index contributed by atoms with van der Waals surface area (Å²) in [6.45, 7) is 0. The first-order valence-electron chi connectivity index (χ1n) is 5.71. The molecule has 0 saturated carbocycles. The molecule has 6 radical (unpaired) electrons. The third kappa shape index (κ3) is 4.72. The van der Waals surface area contributed by atoms with E-state index in [-0.39, 0.29) is 24.7 Å². The van der Waals surface area contributed by atoms with E-state index in [9.17, 15) is 13.2 Å². The van der Waals surface area contributed by atoms with E-state index in [0.29, 0.717) is 11.1 Å². The van der Waals surface area contributed by atoms with Gasteiger partial charge in [-0.1, -0.05) is 36.7 Å². The van der Waals surface area contributed by atoms with Gasteiger partial charge in [0.25, 0.3) is 10.1 Å². The van der Waals surface area contributed by atoms with Gasteiger partial charge in [-0.25, -0.2) is 0 Å².